The first-order valence-electron chi connectivity index (χ1n) is 10.3. The van der Waals surface area contributed by atoms with Gasteiger partial charge >= 0.3 is 26.2 Å². The van der Waals surface area contributed by atoms with Crippen LogP contribution in [0.2, 0.25) is 0 Å². The summed E-state index contributed by atoms with van der Waals surface area (Å²) in [5.74, 6) is -1.22. The molecule has 0 aromatic carbocycles. The Kier molecular flexibility index (Phi) is 16.3. The van der Waals surface area contributed by atoms with Crippen LogP contribution in [0.25, 0.3) is 0 Å². The average Bonchev–Trinajstić information content (AvgIpc) is 3.18. The Bertz CT molecular complexity index is 712. The second-order valence-corrected chi connectivity index (χ2v) is 7.64. The number of unbranched alkanes of at least 4 members (excludes halogenated alkanes) is 2. The van der Waals surface area contributed by atoms with E-state index in [9.17, 15) is 14.4 Å². The van der Waals surface area contributed by atoms with E-state index in [0.29, 0.717) is 25.7 Å². The largest absolute Gasteiger partial charge is 0.481 e. The molecule has 1 aromatic heterocycles. The maximum Gasteiger partial charge on any atom is 0.351 e. The molecule has 13 heteroatoms. The highest BCUT2D eigenvalue weighted by Gasteiger charge is 2.28. The molecular weight excluding hydrogens is 445 g/mol. The van der Waals surface area contributed by atoms with Crippen molar-refractivity contribution in [1.82, 2.24) is 9.55 Å². The van der Waals surface area contributed by atoms with Crippen LogP contribution >= 0.6 is 8.60 Å². The van der Waals surface area contributed by atoms with Crippen LogP contribution in [0.15, 0.2) is 17.1 Å². The van der Waals surface area contributed by atoms with Gasteiger partial charge in [-0.15, -0.1) is 0 Å². The lowest BCUT2D eigenvalue weighted by molar-refractivity contribution is -0.138. The van der Waals surface area contributed by atoms with Crippen molar-refractivity contribution < 1.29 is 38.8 Å². The van der Waals surface area contributed by atoms with Gasteiger partial charge in [0.25, 0.3) is 0 Å². The van der Waals surface area contributed by atoms with Crippen molar-refractivity contribution in [2.75, 3.05) is 12.3 Å². The molecule has 0 amide bonds. The third kappa shape index (κ3) is 14.8. The summed E-state index contributed by atoms with van der Waals surface area (Å²) in [4.78, 5) is 52.0. The van der Waals surface area contributed by atoms with Gasteiger partial charge in [0.05, 0.1) is 12.7 Å². The topological polar surface area (TPSA) is 194 Å². The number of nitrogen functional groups attached to an aromatic ring is 1. The van der Waals surface area contributed by atoms with E-state index in [1.807, 2.05) is 13.8 Å². The Hall–Kier alpha value is -2.11. The first-order chi connectivity index (χ1) is 15.1. The normalized spacial score (nSPS) is 17.2. The van der Waals surface area contributed by atoms with Crippen LogP contribution in [0.3, 0.4) is 0 Å². The highest BCUT2D eigenvalue weighted by atomic mass is 31.2. The Morgan fingerprint density at radius 3 is 2.16 bits per heavy atom. The van der Waals surface area contributed by atoms with Crippen molar-refractivity contribution in [1.29, 1.82) is 0 Å². The molecule has 1 aromatic rings. The van der Waals surface area contributed by atoms with E-state index in [1.54, 1.807) is 0 Å². The molecule has 1 aliphatic heterocycles. The van der Waals surface area contributed by atoms with Gasteiger partial charge in [-0.2, -0.15) is 4.98 Å². The summed E-state index contributed by atoms with van der Waals surface area (Å²) >= 11 is 0. The monoisotopic (exact) mass is 479 g/mol. The maximum absolute atomic E-state index is 11.6. The lowest BCUT2D eigenvalue weighted by atomic mass is 10.2. The second kappa shape index (κ2) is 17.4. The van der Waals surface area contributed by atoms with E-state index in [2.05, 4.69) is 9.51 Å². The minimum absolute atomic E-state index is 0.0896. The van der Waals surface area contributed by atoms with Gasteiger partial charge in [0.2, 0.25) is 0 Å². The Morgan fingerprint density at radius 1 is 1.19 bits per heavy atom. The van der Waals surface area contributed by atoms with E-state index in [0.717, 1.165) is 25.7 Å². The SMILES string of the molecule is CCCCC(=O)O.CCCCC(=O)O.Nc1ccn(C2CCC(COP(O)O)O2)c(=O)n1. The number of carboxylic acid groups (broad SMARTS) is 2. The predicted molar refractivity (Wildman–Crippen MR) is 118 cm³/mol. The van der Waals surface area contributed by atoms with E-state index in [4.69, 9.17) is 30.5 Å². The molecule has 32 heavy (non-hydrogen) atoms. The number of carbonyl (C=O) groups is 2. The van der Waals surface area contributed by atoms with Crippen LogP contribution in [0, 0.1) is 0 Å². The number of ether oxygens (including phenoxy) is 1. The molecule has 2 heterocycles. The highest BCUT2D eigenvalue weighted by molar-refractivity contribution is 7.39. The molecule has 0 saturated carbocycles. The van der Waals surface area contributed by atoms with Gasteiger partial charge < -0.3 is 35.0 Å². The Labute approximate surface area is 188 Å². The zero-order valence-electron chi connectivity index (χ0n) is 18.4. The molecule has 1 aliphatic rings. The lowest BCUT2D eigenvalue weighted by Crippen LogP contribution is -2.27. The maximum atomic E-state index is 11.6. The number of rotatable bonds is 10. The highest BCUT2D eigenvalue weighted by Crippen LogP contribution is 2.31. The number of aromatic nitrogens is 2. The van der Waals surface area contributed by atoms with Crippen LogP contribution in [-0.2, 0) is 18.8 Å². The quantitative estimate of drug-likeness (QED) is 0.309. The fourth-order valence-electron chi connectivity index (χ4n) is 2.46. The van der Waals surface area contributed by atoms with Crippen molar-refractivity contribution in [3.63, 3.8) is 0 Å². The number of nitrogens with two attached hydrogens (primary N) is 1. The number of anilines is 1. The zero-order valence-corrected chi connectivity index (χ0v) is 19.3. The molecule has 2 atom stereocenters. The fraction of sp³-hybridized carbons (Fsp3) is 0.684. The summed E-state index contributed by atoms with van der Waals surface area (Å²) < 4.78 is 11.6. The molecule has 1 fully saturated rings. The van der Waals surface area contributed by atoms with Gasteiger partial charge in [0, 0.05) is 19.0 Å². The number of hydrogen-bond acceptors (Lipinski definition) is 9. The summed E-state index contributed by atoms with van der Waals surface area (Å²) in [6.07, 6.45) is 6.32. The van der Waals surface area contributed by atoms with Gasteiger partial charge in [-0.1, -0.05) is 26.7 Å². The van der Waals surface area contributed by atoms with Gasteiger partial charge in [-0.05, 0) is 31.7 Å². The second-order valence-electron chi connectivity index (χ2n) is 6.88. The molecule has 1 saturated heterocycles. The molecule has 0 aliphatic carbocycles. The van der Waals surface area contributed by atoms with Crippen LogP contribution < -0.4 is 11.4 Å². The lowest BCUT2D eigenvalue weighted by Gasteiger charge is -2.15. The van der Waals surface area contributed by atoms with Crippen molar-refractivity contribution in [3.8, 4) is 0 Å². The van der Waals surface area contributed by atoms with E-state index in [-0.39, 0.29) is 18.5 Å². The zero-order chi connectivity index (χ0) is 24.5. The number of nitrogens with zero attached hydrogens (tertiary/aromatic N) is 2. The first-order valence-corrected chi connectivity index (χ1v) is 11.5. The molecule has 12 nitrogen and oxygen atoms in total. The van der Waals surface area contributed by atoms with Crippen LogP contribution in [0.1, 0.15) is 71.4 Å². The van der Waals surface area contributed by atoms with Crippen molar-refractivity contribution in [3.05, 3.63) is 22.7 Å². The van der Waals surface area contributed by atoms with Gasteiger partial charge in [-0.25, -0.2) is 4.79 Å². The summed E-state index contributed by atoms with van der Waals surface area (Å²) in [5.41, 5.74) is 4.93. The molecule has 6 N–H and O–H groups in total. The summed E-state index contributed by atoms with van der Waals surface area (Å²) in [5, 5.41) is 16.1. The minimum Gasteiger partial charge on any atom is -0.481 e. The Morgan fingerprint density at radius 2 is 1.75 bits per heavy atom. The summed E-state index contributed by atoms with van der Waals surface area (Å²) in [6, 6.07) is 1.52. The number of carboxylic acids is 2. The molecule has 2 unspecified atom stereocenters. The van der Waals surface area contributed by atoms with Crippen LogP contribution in [0.5, 0.6) is 0 Å². The molecular formula is C19H34N3O9P. The van der Waals surface area contributed by atoms with E-state index < -0.39 is 32.5 Å². The van der Waals surface area contributed by atoms with Crippen molar-refractivity contribution in [2.45, 2.75) is 77.5 Å². The average molecular weight is 479 g/mol. The van der Waals surface area contributed by atoms with Gasteiger partial charge in [0.1, 0.15) is 12.0 Å². The standard InChI is InChI=1S/C9H14N3O5P.2C5H10O2/c10-7-3-4-12(9(13)11-7)8-2-1-6(17-8)5-16-18(14)15;2*1-2-3-4-5(6)7/h3-4,6,8,14-15H,1-2,5H2,(H2,10,11,13);2*2-4H2,1H3,(H,6,7). The summed E-state index contributed by atoms with van der Waals surface area (Å²) in [7, 11) is -2.37. The third-order valence-electron chi connectivity index (χ3n) is 4.11. The Balaban J connectivity index is 0.000000570. The van der Waals surface area contributed by atoms with Crippen LogP contribution in [-0.4, -0.2) is 54.2 Å². The molecule has 184 valence electrons. The fourth-order valence-corrected chi connectivity index (χ4v) is 2.76. The summed E-state index contributed by atoms with van der Waals surface area (Å²) in [6.45, 7) is 4.04. The number of aliphatic carboxylic acids is 2. The molecule has 0 bridgehead atoms. The van der Waals surface area contributed by atoms with Crippen LogP contribution in [0.4, 0.5) is 5.82 Å². The van der Waals surface area contributed by atoms with E-state index in [1.165, 1.54) is 16.8 Å². The molecule has 2 rings (SSSR count). The van der Waals surface area contributed by atoms with E-state index >= 15 is 0 Å². The molecule has 0 radical (unpaired) electrons. The number of hydrogen-bond donors (Lipinski definition) is 5. The van der Waals surface area contributed by atoms with Gasteiger partial charge in [0.15, 0.2) is 0 Å². The smallest absolute Gasteiger partial charge is 0.351 e. The first kappa shape index (κ1) is 29.9. The van der Waals surface area contributed by atoms with Crippen molar-refractivity contribution >= 4 is 26.4 Å². The van der Waals surface area contributed by atoms with Gasteiger partial charge in [-0.3, -0.25) is 14.2 Å². The minimum atomic E-state index is -2.37. The third-order valence-corrected chi connectivity index (χ3v) is 4.49. The molecule has 0 spiro atoms. The predicted octanol–water partition coefficient (Wildman–Crippen LogP) is 2.25. The van der Waals surface area contributed by atoms with Crippen molar-refractivity contribution in [2.24, 2.45) is 0 Å².